The molecule has 0 aromatic heterocycles. The van der Waals surface area contributed by atoms with Crippen LogP contribution in [0.15, 0.2) is 29.2 Å². The van der Waals surface area contributed by atoms with Crippen molar-refractivity contribution in [3.8, 4) is 5.75 Å². The highest BCUT2D eigenvalue weighted by Crippen LogP contribution is 2.25. The number of methoxy groups -OCH3 is 1. The minimum Gasteiger partial charge on any atom is -0.497 e. The molecule has 1 aromatic carbocycles. The number of benzene rings is 1. The van der Waals surface area contributed by atoms with E-state index < -0.39 is 10.0 Å². The monoisotopic (exact) mass is 354 g/mol. The summed E-state index contributed by atoms with van der Waals surface area (Å²) in [5, 5.41) is 2.97. The summed E-state index contributed by atoms with van der Waals surface area (Å²) in [4.78, 5) is 12.5. The normalized spacial score (nSPS) is 17.5. The summed E-state index contributed by atoms with van der Waals surface area (Å²) in [5.41, 5.74) is -0.274. The van der Waals surface area contributed by atoms with Gasteiger partial charge in [0.15, 0.2) is 0 Å². The van der Waals surface area contributed by atoms with Crippen molar-refractivity contribution in [1.29, 1.82) is 0 Å². The molecule has 0 aliphatic carbocycles. The van der Waals surface area contributed by atoms with E-state index in [0.717, 1.165) is 0 Å². The van der Waals surface area contributed by atoms with E-state index in [9.17, 15) is 13.2 Å². The number of ether oxygens (including phenoxy) is 1. The van der Waals surface area contributed by atoms with E-state index in [1.54, 1.807) is 24.3 Å². The third-order valence-corrected chi connectivity index (χ3v) is 5.93. The quantitative estimate of drug-likeness (QED) is 0.897. The van der Waals surface area contributed by atoms with Crippen LogP contribution in [0.1, 0.15) is 33.6 Å². The van der Waals surface area contributed by atoms with Crippen LogP contribution in [-0.2, 0) is 14.8 Å². The number of nitrogens with one attached hydrogen (secondary N) is 1. The highest BCUT2D eigenvalue weighted by Gasteiger charge is 2.33. The van der Waals surface area contributed by atoms with Gasteiger partial charge >= 0.3 is 0 Å². The van der Waals surface area contributed by atoms with Gasteiger partial charge < -0.3 is 10.1 Å². The lowest BCUT2D eigenvalue weighted by atomic mass is 9.96. The molecule has 0 saturated carbocycles. The van der Waals surface area contributed by atoms with Gasteiger partial charge in [-0.3, -0.25) is 4.79 Å². The number of nitrogens with zero attached hydrogens (tertiary/aromatic N) is 1. The molecule has 7 heteroatoms. The van der Waals surface area contributed by atoms with Crippen LogP contribution in [0.3, 0.4) is 0 Å². The molecule has 0 radical (unpaired) electrons. The molecule has 0 spiro atoms. The van der Waals surface area contributed by atoms with Crippen LogP contribution in [-0.4, -0.2) is 44.4 Å². The summed E-state index contributed by atoms with van der Waals surface area (Å²) in [6, 6.07) is 6.37. The molecule has 1 fully saturated rings. The molecule has 1 aliphatic heterocycles. The third kappa shape index (κ3) is 4.48. The SMILES string of the molecule is COc1ccc(S(=O)(=O)N2CCC(C(=O)NC(C)(C)C)CC2)cc1. The Kier molecular flexibility index (Phi) is 5.55. The molecule has 0 atom stereocenters. The summed E-state index contributed by atoms with van der Waals surface area (Å²) >= 11 is 0. The molecule has 134 valence electrons. The summed E-state index contributed by atoms with van der Waals surface area (Å²) in [5.74, 6) is 0.488. The Balaban J connectivity index is 2.01. The fraction of sp³-hybridized carbons (Fsp3) is 0.588. The smallest absolute Gasteiger partial charge is 0.243 e. The van der Waals surface area contributed by atoms with E-state index in [1.807, 2.05) is 20.8 Å². The van der Waals surface area contributed by atoms with Crippen molar-refractivity contribution in [2.45, 2.75) is 44.0 Å². The number of sulfonamides is 1. The van der Waals surface area contributed by atoms with Crippen LogP contribution in [0.25, 0.3) is 0 Å². The molecule has 6 nitrogen and oxygen atoms in total. The second-order valence-electron chi connectivity index (χ2n) is 7.09. The van der Waals surface area contributed by atoms with Crippen LogP contribution in [0.4, 0.5) is 0 Å². The first-order valence-electron chi connectivity index (χ1n) is 8.10. The largest absolute Gasteiger partial charge is 0.497 e. The Morgan fingerprint density at radius 3 is 2.17 bits per heavy atom. The van der Waals surface area contributed by atoms with E-state index in [-0.39, 0.29) is 22.3 Å². The van der Waals surface area contributed by atoms with Gasteiger partial charge in [-0.25, -0.2) is 8.42 Å². The van der Waals surface area contributed by atoms with Gasteiger partial charge in [-0.1, -0.05) is 0 Å². The molecule has 1 N–H and O–H groups in total. The molecule has 24 heavy (non-hydrogen) atoms. The first-order valence-corrected chi connectivity index (χ1v) is 9.54. The van der Waals surface area contributed by atoms with Gasteiger partial charge in [-0.15, -0.1) is 0 Å². The van der Waals surface area contributed by atoms with Crippen LogP contribution < -0.4 is 10.1 Å². The zero-order valence-corrected chi connectivity index (χ0v) is 15.5. The number of hydrogen-bond donors (Lipinski definition) is 1. The van der Waals surface area contributed by atoms with Gasteiger partial charge in [0.05, 0.1) is 12.0 Å². The zero-order chi connectivity index (χ0) is 18.0. The molecule has 2 rings (SSSR count). The molecule has 1 saturated heterocycles. The van der Waals surface area contributed by atoms with Crippen molar-refractivity contribution in [1.82, 2.24) is 9.62 Å². The van der Waals surface area contributed by atoms with Crippen molar-refractivity contribution in [2.24, 2.45) is 5.92 Å². The Bertz CT molecular complexity index is 670. The Morgan fingerprint density at radius 2 is 1.71 bits per heavy atom. The van der Waals surface area contributed by atoms with Gasteiger partial charge in [-0.05, 0) is 57.9 Å². The number of carbonyl (C=O) groups is 1. The van der Waals surface area contributed by atoms with Crippen molar-refractivity contribution in [3.05, 3.63) is 24.3 Å². The Morgan fingerprint density at radius 1 is 1.17 bits per heavy atom. The minimum absolute atomic E-state index is 0.00370. The van der Waals surface area contributed by atoms with Gasteiger partial charge in [0.2, 0.25) is 15.9 Å². The molecule has 1 heterocycles. The van der Waals surface area contributed by atoms with E-state index in [0.29, 0.717) is 31.7 Å². The van der Waals surface area contributed by atoms with Crippen molar-refractivity contribution >= 4 is 15.9 Å². The van der Waals surface area contributed by atoms with Crippen LogP contribution in [0, 0.1) is 5.92 Å². The average molecular weight is 354 g/mol. The molecule has 1 aliphatic rings. The molecule has 1 aromatic rings. The minimum atomic E-state index is -3.53. The zero-order valence-electron chi connectivity index (χ0n) is 14.7. The third-order valence-electron chi connectivity index (χ3n) is 4.02. The topological polar surface area (TPSA) is 75.7 Å². The first kappa shape index (κ1) is 18.7. The highest BCUT2D eigenvalue weighted by molar-refractivity contribution is 7.89. The summed E-state index contributed by atoms with van der Waals surface area (Å²) in [6.45, 7) is 6.53. The molecule has 0 unspecified atom stereocenters. The van der Waals surface area contributed by atoms with E-state index in [1.165, 1.54) is 11.4 Å². The second kappa shape index (κ2) is 7.11. The van der Waals surface area contributed by atoms with Crippen molar-refractivity contribution < 1.29 is 17.9 Å². The van der Waals surface area contributed by atoms with Crippen molar-refractivity contribution in [3.63, 3.8) is 0 Å². The first-order chi connectivity index (χ1) is 11.1. The molecule has 0 bridgehead atoms. The number of amides is 1. The van der Waals surface area contributed by atoms with Gasteiger partial charge in [0.25, 0.3) is 0 Å². The van der Waals surface area contributed by atoms with Gasteiger partial charge in [-0.2, -0.15) is 4.31 Å². The van der Waals surface area contributed by atoms with Gasteiger partial charge in [0.1, 0.15) is 5.75 Å². The number of rotatable bonds is 4. The van der Waals surface area contributed by atoms with Crippen molar-refractivity contribution in [2.75, 3.05) is 20.2 Å². The predicted molar refractivity (Wildman–Crippen MR) is 92.4 cm³/mol. The summed E-state index contributed by atoms with van der Waals surface area (Å²) in [6.07, 6.45) is 1.08. The lowest BCUT2D eigenvalue weighted by Crippen LogP contribution is -2.47. The summed E-state index contributed by atoms with van der Waals surface area (Å²) in [7, 11) is -1.99. The van der Waals surface area contributed by atoms with E-state index in [2.05, 4.69) is 5.32 Å². The second-order valence-corrected chi connectivity index (χ2v) is 9.03. The lowest BCUT2D eigenvalue weighted by Gasteiger charge is -2.32. The van der Waals surface area contributed by atoms with Crippen LogP contribution in [0.2, 0.25) is 0 Å². The Labute approximate surface area is 144 Å². The number of piperidine rings is 1. The fourth-order valence-electron chi connectivity index (χ4n) is 2.73. The maximum absolute atomic E-state index is 12.7. The highest BCUT2D eigenvalue weighted by atomic mass is 32.2. The maximum atomic E-state index is 12.7. The van der Waals surface area contributed by atoms with E-state index in [4.69, 9.17) is 4.74 Å². The van der Waals surface area contributed by atoms with Crippen LogP contribution >= 0.6 is 0 Å². The average Bonchev–Trinajstić information content (AvgIpc) is 2.53. The summed E-state index contributed by atoms with van der Waals surface area (Å²) < 4.78 is 31.9. The fourth-order valence-corrected chi connectivity index (χ4v) is 4.20. The van der Waals surface area contributed by atoms with Gasteiger partial charge in [0, 0.05) is 24.5 Å². The van der Waals surface area contributed by atoms with E-state index >= 15 is 0 Å². The number of hydrogen-bond acceptors (Lipinski definition) is 4. The molecular weight excluding hydrogens is 328 g/mol. The molecular formula is C17H26N2O4S. The maximum Gasteiger partial charge on any atom is 0.243 e. The molecule has 1 amide bonds. The number of carbonyl (C=O) groups excluding carboxylic acids is 1. The predicted octanol–water partition coefficient (Wildman–Crippen LogP) is 2.01. The lowest BCUT2D eigenvalue weighted by molar-refractivity contribution is -0.127. The Hall–Kier alpha value is -1.60. The standard InChI is InChI=1S/C17H26N2O4S/c1-17(2,3)18-16(20)13-9-11-19(12-10-13)24(21,22)15-7-5-14(23-4)6-8-15/h5-8,13H,9-12H2,1-4H3,(H,18,20). The van der Waals surface area contributed by atoms with Crippen LogP contribution in [0.5, 0.6) is 5.75 Å².